The fourth-order valence-corrected chi connectivity index (χ4v) is 2.67. The molecule has 1 saturated heterocycles. The first-order valence-corrected chi connectivity index (χ1v) is 9.22. The number of nitrogens with one attached hydrogen (secondary N) is 3. The van der Waals surface area contributed by atoms with Gasteiger partial charge in [-0.3, -0.25) is 14.4 Å². The van der Waals surface area contributed by atoms with E-state index in [-0.39, 0.29) is 43.1 Å². The van der Waals surface area contributed by atoms with Gasteiger partial charge in [0.25, 0.3) is 11.8 Å². The van der Waals surface area contributed by atoms with Gasteiger partial charge < -0.3 is 36.1 Å². The van der Waals surface area contributed by atoms with Gasteiger partial charge in [0, 0.05) is 24.3 Å². The molecule has 0 aliphatic carbocycles. The smallest absolute Gasteiger partial charge is 0.387 e. The molecule has 0 radical (unpaired) electrons. The van der Waals surface area contributed by atoms with Gasteiger partial charge >= 0.3 is 12.6 Å². The molecule has 1 aromatic carbocycles. The van der Waals surface area contributed by atoms with Crippen LogP contribution in [0.2, 0.25) is 0 Å². The predicted octanol–water partition coefficient (Wildman–Crippen LogP) is 0.151. The molecule has 0 saturated carbocycles. The lowest BCUT2D eigenvalue weighted by Gasteiger charge is -2.27. The summed E-state index contributed by atoms with van der Waals surface area (Å²) in [6.45, 7) is 0.403. The number of hydrogen-bond acceptors (Lipinski definition) is 6. The van der Waals surface area contributed by atoms with Crippen molar-refractivity contribution in [3.05, 3.63) is 18.2 Å². The zero-order chi connectivity index (χ0) is 23.1. The normalized spacial score (nSPS) is 14.9. The fraction of sp³-hybridized carbons (Fsp3) is 0.444. The first-order chi connectivity index (χ1) is 14.6. The molecule has 31 heavy (non-hydrogen) atoms. The van der Waals surface area contributed by atoms with Crippen LogP contribution in [-0.2, 0) is 19.1 Å². The monoisotopic (exact) mass is 443 g/mol. The van der Waals surface area contributed by atoms with Crippen LogP contribution in [0.1, 0.15) is 13.8 Å². The number of carbonyl (C=O) groups excluding carboxylic acids is 4. The summed E-state index contributed by atoms with van der Waals surface area (Å²) in [6.07, 6.45) is 0. The summed E-state index contributed by atoms with van der Waals surface area (Å²) in [6, 6.07) is 0.884. The van der Waals surface area contributed by atoms with E-state index in [0.717, 1.165) is 6.07 Å². The molecule has 0 bridgehead atoms. The minimum atomic E-state index is -3.23. The van der Waals surface area contributed by atoms with Crippen LogP contribution in [0.25, 0.3) is 0 Å². The van der Waals surface area contributed by atoms with Crippen molar-refractivity contribution in [3.8, 4) is 5.75 Å². The van der Waals surface area contributed by atoms with E-state index in [9.17, 15) is 28.0 Å². The number of amides is 5. The number of anilines is 2. The molecule has 170 valence electrons. The van der Waals surface area contributed by atoms with E-state index < -0.39 is 36.2 Å². The van der Waals surface area contributed by atoms with Crippen molar-refractivity contribution in [3.63, 3.8) is 0 Å². The molecule has 1 fully saturated rings. The minimum Gasteiger partial charge on any atom is -0.433 e. The molecule has 13 heteroatoms. The molecule has 1 aliphatic heterocycles. The molecule has 1 heterocycles. The van der Waals surface area contributed by atoms with Crippen molar-refractivity contribution < 1.29 is 37.4 Å². The van der Waals surface area contributed by atoms with Gasteiger partial charge in [-0.25, -0.2) is 4.79 Å². The van der Waals surface area contributed by atoms with E-state index in [1.54, 1.807) is 13.8 Å². The van der Waals surface area contributed by atoms with Crippen molar-refractivity contribution in [1.82, 2.24) is 10.6 Å². The van der Waals surface area contributed by atoms with Crippen LogP contribution < -0.4 is 31.3 Å². The van der Waals surface area contributed by atoms with Gasteiger partial charge in [-0.2, -0.15) is 8.78 Å². The van der Waals surface area contributed by atoms with Crippen LogP contribution in [0, 0.1) is 0 Å². The quantitative estimate of drug-likeness (QED) is 0.420. The molecule has 0 spiro atoms. The highest BCUT2D eigenvalue weighted by molar-refractivity contribution is 6.12. The number of carbonyl (C=O) groups is 4. The lowest BCUT2D eigenvalue weighted by molar-refractivity contribution is -0.128. The Morgan fingerprint density at radius 1 is 1.23 bits per heavy atom. The third-order valence-electron chi connectivity index (χ3n) is 3.98. The Morgan fingerprint density at radius 3 is 2.52 bits per heavy atom. The molecule has 11 nitrogen and oxygen atoms in total. The third kappa shape index (κ3) is 6.77. The number of rotatable bonds is 8. The number of ether oxygens (including phenoxy) is 2. The summed E-state index contributed by atoms with van der Waals surface area (Å²) >= 11 is 0. The number of nitrogens with zero attached hydrogens (tertiary/aromatic N) is 1. The summed E-state index contributed by atoms with van der Waals surface area (Å²) in [5.41, 5.74) is 5.21. The van der Waals surface area contributed by atoms with Gasteiger partial charge in [-0.1, -0.05) is 0 Å². The highest BCUT2D eigenvalue weighted by Crippen LogP contribution is 2.32. The van der Waals surface area contributed by atoms with Crippen LogP contribution in [0.4, 0.5) is 25.0 Å². The van der Waals surface area contributed by atoms with E-state index in [0.29, 0.717) is 0 Å². The second kappa shape index (κ2) is 10.5. The van der Waals surface area contributed by atoms with Crippen LogP contribution in [0.3, 0.4) is 0 Å². The largest absolute Gasteiger partial charge is 0.433 e. The average Bonchev–Trinajstić information content (AvgIpc) is 2.66. The van der Waals surface area contributed by atoms with Crippen LogP contribution >= 0.6 is 0 Å². The van der Waals surface area contributed by atoms with Gasteiger partial charge in [0.2, 0.25) is 5.91 Å². The highest BCUT2D eigenvalue weighted by Gasteiger charge is 2.28. The second-order valence-electron chi connectivity index (χ2n) is 6.75. The van der Waals surface area contributed by atoms with Crippen molar-refractivity contribution >= 4 is 35.1 Å². The maximum absolute atomic E-state index is 12.9. The number of alkyl halides is 2. The van der Waals surface area contributed by atoms with E-state index in [4.69, 9.17) is 10.5 Å². The minimum absolute atomic E-state index is 0.159. The first-order valence-electron chi connectivity index (χ1n) is 9.22. The van der Waals surface area contributed by atoms with Gasteiger partial charge in [0.1, 0.15) is 6.61 Å². The summed E-state index contributed by atoms with van der Waals surface area (Å²) < 4.78 is 35.3. The van der Waals surface area contributed by atoms with E-state index in [1.165, 1.54) is 17.0 Å². The Labute approximate surface area is 176 Å². The maximum Gasteiger partial charge on any atom is 0.387 e. The predicted molar refractivity (Wildman–Crippen MR) is 105 cm³/mol. The highest BCUT2D eigenvalue weighted by atomic mass is 19.3. The molecule has 0 aromatic heterocycles. The number of benzene rings is 1. The van der Waals surface area contributed by atoms with Gasteiger partial charge in [-0.15, -0.1) is 0 Å². The number of urea groups is 1. The molecule has 1 aliphatic rings. The lowest BCUT2D eigenvalue weighted by Crippen LogP contribution is -2.55. The number of hydrogen-bond donors (Lipinski definition) is 4. The Morgan fingerprint density at radius 2 is 1.94 bits per heavy atom. The summed E-state index contributed by atoms with van der Waals surface area (Å²) in [5, 5.41) is 6.76. The fourth-order valence-electron chi connectivity index (χ4n) is 2.67. The van der Waals surface area contributed by atoms with Crippen LogP contribution in [0.15, 0.2) is 18.2 Å². The van der Waals surface area contributed by atoms with Gasteiger partial charge in [0.05, 0.1) is 12.3 Å². The summed E-state index contributed by atoms with van der Waals surface area (Å²) in [5.74, 6) is -3.06. The summed E-state index contributed by atoms with van der Waals surface area (Å²) in [4.78, 5) is 49.2. The van der Waals surface area contributed by atoms with E-state index in [1.807, 2.05) is 0 Å². The Hall–Kier alpha value is -3.48. The van der Waals surface area contributed by atoms with E-state index in [2.05, 4.69) is 20.7 Å². The van der Waals surface area contributed by atoms with Crippen LogP contribution in [0.5, 0.6) is 5.75 Å². The molecule has 0 unspecified atom stereocenters. The number of halogens is 2. The van der Waals surface area contributed by atoms with Gasteiger partial charge in [0.15, 0.2) is 11.8 Å². The topological polar surface area (TPSA) is 152 Å². The molecule has 1 aromatic rings. The van der Waals surface area contributed by atoms with Crippen molar-refractivity contribution in [1.29, 1.82) is 0 Å². The van der Waals surface area contributed by atoms with Gasteiger partial charge in [-0.05, 0) is 26.0 Å². The zero-order valence-electron chi connectivity index (χ0n) is 16.8. The Kier molecular flexibility index (Phi) is 8.07. The van der Waals surface area contributed by atoms with Crippen molar-refractivity contribution in [2.75, 3.05) is 30.0 Å². The Balaban J connectivity index is 2.24. The standard InChI is InChI=1S/C18H23F2N5O6/c1-9(2)22-18(29)24-14(15(21)27)16(28)23-11-4-3-10(7-12(11)31-17(19)20)25-5-6-30-8-13(25)26/h3-4,7,9,14,17H,5-6,8H2,1-2H3,(H2,21,27)(H,23,28)(H2,22,24,29)/t14-/m1/s1. The summed E-state index contributed by atoms with van der Waals surface area (Å²) in [7, 11) is 0. The van der Waals surface area contributed by atoms with E-state index >= 15 is 0 Å². The van der Waals surface area contributed by atoms with Crippen LogP contribution in [-0.4, -0.2) is 62.2 Å². The molecular formula is C18H23F2N5O6. The molecule has 1 atom stereocenters. The first kappa shape index (κ1) is 23.8. The SMILES string of the molecule is CC(C)NC(=O)N[C@H](C(N)=O)C(=O)Nc1ccc(N2CCOCC2=O)cc1OC(F)F. The molecule has 5 N–H and O–H groups in total. The zero-order valence-corrected chi connectivity index (χ0v) is 16.8. The number of morpholine rings is 1. The average molecular weight is 443 g/mol. The lowest BCUT2D eigenvalue weighted by atomic mass is 10.2. The van der Waals surface area contributed by atoms with Crippen molar-refractivity contribution in [2.24, 2.45) is 5.73 Å². The maximum atomic E-state index is 12.9. The second-order valence-corrected chi connectivity index (χ2v) is 6.75. The number of nitrogens with two attached hydrogens (primary N) is 1. The molecule has 5 amide bonds. The Bertz CT molecular complexity index is 851. The molecule has 2 rings (SSSR count). The third-order valence-corrected chi connectivity index (χ3v) is 3.98. The number of primary amides is 1. The van der Waals surface area contributed by atoms with Crippen molar-refractivity contribution in [2.45, 2.75) is 32.5 Å². The molecular weight excluding hydrogens is 420 g/mol.